The standard InChI is InChI=1S/C12H15BrN2O4S/c13-11-5-4-9(8-10(11)12(16)17)20(18,19)14-15-6-2-1-3-7-15/h4-5,8,14H,1-3,6-7H2,(H,16,17). The van der Waals surface area contributed by atoms with Crippen LogP contribution in [-0.2, 0) is 10.0 Å². The molecule has 1 fully saturated rings. The maximum atomic E-state index is 12.2. The van der Waals surface area contributed by atoms with Crippen LogP contribution in [0.2, 0.25) is 0 Å². The first kappa shape index (κ1) is 15.4. The number of sulfonamides is 1. The van der Waals surface area contributed by atoms with Crippen molar-refractivity contribution in [2.24, 2.45) is 0 Å². The number of rotatable bonds is 4. The molecule has 1 saturated heterocycles. The van der Waals surface area contributed by atoms with Crippen molar-refractivity contribution in [3.8, 4) is 0 Å². The molecule has 6 nitrogen and oxygen atoms in total. The summed E-state index contributed by atoms with van der Waals surface area (Å²) in [5.41, 5.74) is -0.0773. The van der Waals surface area contributed by atoms with Crippen molar-refractivity contribution in [3.05, 3.63) is 28.2 Å². The van der Waals surface area contributed by atoms with Gasteiger partial charge in [0.1, 0.15) is 0 Å². The van der Waals surface area contributed by atoms with Crippen molar-refractivity contribution >= 4 is 31.9 Å². The van der Waals surface area contributed by atoms with Gasteiger partial charge in [-0.15, -0.1) is 4.83 Å². The molecule has 1 aromatic rings. The minimum absolute atomic E-state index is 0.0522. The van der Waals surface area contributed by atoms with E-state index in [2.05, 4.69) is 20.8 Å². The van der Waals surface area contributed by atoms with Gasteiger partial charge in [-0.3, -0.25) is 0 Å². The molecule has 0 atom stereocenters. The normalized spacial score (nSPS) is 17.1. The van der Waals surface area contributed by atoms with Crippen molar-refractivity contribution in [1.29, 1.82) is 0 Å². The number of nitrogens with one attached hydrogen (secondary N) is 1. The Balaban J connectivity index is 2.24. The average molecular weight is 363 g/mol. The number of hydrazine groups is 1. The molecule has 0 unspecified atom stereocenters. The van der Waals surface area contributed by atoms with Crippen LogP contribution in [0.25, 0.3) is 0 Å². The van der Waals surface area contributed by atoms with Crippen LogP contribution in [-0.4, -0.2) is 37.6 Å². The van der Waals surface area contributed by atoms with Crippen molar-refractivity contribution in [3.63, 3.8) is 0 Å². The second-order valence-corrected chi connectivity index (χ2v) is 7.10. The van der Waals surface area contributed by atoms with Crippen LogP contribution in [0, 0.1) is 0 Å². The number of hydrogen-bond donors (Lipinski definition) is 2. The van der Waals surface area contributed by atoms with Gasteiger partial charge in [0.2, 0.25) is 0 Å². The fraction of sp³-hybridized carbons (Fsp3) is 0.417. The van der Waals surface area contributed by atoms with Crippen LogP contribution in [0.4, 0.5) is 0 Å². The quantitative estimate of drug-likeness (QED) is 0.852. The molecule has 0 aliphatic carbocycles. The largest absolute Gasteiger partial charge is 0.478 e. The topological polar surface area (TPSA) is 86.7 Å². The van der Waals surface area contributed by atoms with Crippen LogP contribution in [0.5, 0.6) is 0 Å². The van der Waals surface area contributed by atoms with Crippen LogP contribution in [0.3, 0.4) is 0 Å². The minimum Gasteiger partial charge on any atom is -0.478 e. The lowest BCUT2D eigenvalue weighted by Gasteiger charge is -2.26. The van der Waals surface area contributed by atoms with Gasteiger partial charge in [-0.1, -0.05) is 6.42 Å². The molecule has 20 heavy (non-hydrogen) atoms. The van der Waals surface area contributed by atoms with Gasteiger partial charge in [-0.05, 0) is 47.0 Å². The molecule has 0 amide bonds. The summed E-state index contributed by atoms with van der Waals surface area (Å²) >= 11 is 3.09. The summed E-state index contributed by atoms with van der Waals surface area (Å²) < 4.78 is 24.8. The first-order valence-electron chi connectivity index (χ1n) is 6.20. The Bertz CT molecular complexity index is 612. The highest BCUT2D eigenvalue weighted by Crippen LogP contribution is 2.21. The fourth-order valence-electron chi connectivity index (χ4n) is 2.04. The van der Waals surface area contributed by atoms with Gasteiger partial charge in [0.15, 0.2) is 0 Å². The highest BCUT2D eigenvalue weighted by atomic mass is 79.9. The van der Waals surface area contributed by atoms with Crippen LogP contribution in [0.15, 0.2) is 27.6 Å². The van der Waals surface area contributed by atoms with E-state index in [0.717, 1.165) is 25.3 Å². The average Bonchev–Trinajstić information content (AvgIpc) is 2.39. The summed E-state index contributed by atoms with van der Waals surface area (Å²) in [5, 5.41) is 10.7. The summed E-state index contributed by atoms with van der Waals surface area (Å²) in [5.74, 6) is -1.17. The van der Waals surface area contributed by atoms with Crippen molar-refractivity contribution in [2.75, 3.05) is 13.1 Å². The molecular weight excluding hydrogens is 348 g/mol. The van der Waals surface area contributed by atoms with E-state index in [1.807, 2.05) is 0 Å². The third kappa shape index (κ3) is 3.57. The summed E-state index contributed by atoms with van der Waals surface area (Å²) in [6, 6.07) is 3.95. The predicted octanol–water partition coefficient (Wildman–Crippen LogP) is 1.83. The van der Waals surface area contributed by atoms with Gasteiger partial charge in [0.05, 0.1) is 10.5 Å². The van der Waals surface area contributed by atoms with Gasteiger partial charge < -0.3 is 5.11 Å². The van der Waals surface area contributed by atoms with E-state index in [0.29, 0.717) is 17.6 Å². The molecule has 1 aliphatic rings. The summed E-state index contributed by atoms with van der Waals surface area (Å²) in [4.78, 5) is 13.5. The number of carboxylic acids is 1. The fourth-order valence-corrected chi connectivity index (χ4v) is 3.61. The third-order valence-electron chi connectivity index (χ3n) is 3.08. The Morgan fingerprint density at radius 3 is 2.50 bits per heavy atom. The van der Waals surface area contributed by atoms with Crippen LogP contribution in [0.1, 0.15) is 29.6 Å². The second-order valence-electron chi connectivity index (χ2n) is 4.59. The molecule has 0 radical (unpaired) electrons. The number of benzene rings is 1. The number of nitrogens with zero attached hydrogens (tertiary/aromatic N) is 1. The van der Waals surface area contributed by atoms with E-state index < -0.39 is 16.0 Å². The van der Waals surface area contributed by atoms with E-state index in [1.165, 1.54) is 12.1 Å². The SMILES string of the molecule is O=C(O)c1cc(S(=O)(=O)NN2CCCCC2)ccc1Br. The predicted molar refractivity (Wildman–Crippen MR) is 76.8 cm³/mol. The van der Waals surface area contributed by atoms with Crippen LogP contribution >= 0.6 is 15.9 Å². The van der Waals surface area contributed by atoms with E-state index >= 15 is 0 Å². The van der Waals surface area contributed by atoms with Gasteiger partial charge >= 0.3 is 5.97 Å². The Morgan fingerprint density at radius 1 is 1.25 bits per heavy atom. The number of hydrogen-bond acceptors (Lipinski definition) is 4. The molecule has 2 N–H and O–H groups in total. The minimum atomic E-state index is -3.74. The highest BCUT2D eigenvalue weighted by molar-refractivity contribution is 9.10. The Kier molecular flexibility index (Phi) is 4.79. The van der Waals surface area contributed by atoms with E-state index in [4.69, 9.17) is 5.11 Å². The van der Waals surface area contributed by atoms with Gasteiger partial charge in [-0.25, -0.2) is 18.2 Å². The lowest BCUT2D eigenvalue weighted by atomic mass is 10.2. The molecule has 0 saturated carbocycles. The van der Waals surface area contributed by atoms with Gasteiger partial charge in [-0.2, -0.15) is 0 Å². The summed E-state index contributed by atoms with van der Waals surface area (Å²) in [7, 11) is -3.74. The van der Waals surface area contributed by atoms with Crippen molar-refractivity contribution in [1.82, 2.24) is 9.84 Å². The molecule has 1 aromatic carbocycles. The van der Waals surface area contributed by atoms with E-state index in [1.54, 1.807) is 5.01 Å². The summed E-state index contributed by atoms with van der Waals surface area (Å²) in [6.07, 6.45) is 2.99. The second kappa shape index (κ2) is 6.21. The Morgan fingerprint density at radius 2 is 1.90 bits per heavy atom. The number of aromatic carboxylic acids is 1. The van der Waals surface area contributed by atoms with E-state index in [9.17, 15) is 13.2 Å². The first-order chi connectivity index (χ1) is 9.40. The maximum absolute atomic E-state index is 12.2. The maximum Gasteiger partial charge on any atom is 0.336 e. The number of carbonyl (C=O) groups is 1. The number of halogens is 1. The van der Waals surface area contributed by atoms with Gasteiger partial charge in [0, 0.05) is 17.6 Å². The molecule has 0 bridgehead atoms. The molecule has 1 aliphatic heterocycles. The van der Waals surface area contributed by atoms with Gasteiger partial charge in [0.25, 0.3) is 10.0 Å². The lowest BCUT2D eigenvalue weighted by molar-refractivity contribution is 0.0695. The lowest BCUT2D eigenvalue weighted by Crippen LogP contribution is -2.44. The Labute approximate surface area is 125 Å². The molecule has 2 rings (SSSR count). The molecule has 8 heteroatoms. The third-order valence-corrected chi connectivity index (χ3v) is 5.15. The van der Waals surface area contributed by atoms with Crippen molar-refractivity contribution in [2.45, 2.75) is 24.2 Å². The zero-order valence-electron chi connectivity index (χ0n) is 10.7. The molecular formula is C12H15BrN2O4S. The molecule has 1 heterocycles. The van der Waals surface area contributed by atoms with E-state index in [-0.39, 0.29) is 10.5 Å². The molecule has 0 spiro atoms. The van der Waals surface area contributed by atoms with Crippen molar-refractivity contribution < 1.29 is 18.3 Å². The highest BCUT2D eigenvalue weighted by Gasteiger charge is 2.21. The number of carboxylic acid groups (broad SMARTS) is 1. The first-order valence-corrected chi connectivity index (χ1v) is 8.48. The molecule has 0 aromatic heterocycles. The Hall–Kier alpha value is -0.960. The number of piperidine rings is 1. The molecule has 110 valence electrons. The zero-order chi connectivity index (χ0) is 14.8. The van der Waals surface area contributed by atoms with Crippen LogP contribution < -0.4 is 4.83 Å². The zero-order valence-corrected chi connectivity index (χ0v) is 13.1. The summed E-state index contributed by atoms with van der Waals surface area (Å²) in [6.45, 7) is 1.34. The monoisotopic (exact) mass is 362 g/mol. The smallest absolute Gasteiger partial charge is 0.336 e.